The van der Waals surface area contributed by atoms with Gasteiger partial charge in [0.25, 0.3) is 0 Å². The summed E-state index contributed by atoms with van der Waals surface area (Å²) in [6, 6.07) is 17.4. The monoisotopic (exact) mass is 396 g/mol. The first-order chi connectivity index (χ1) is 14.5. The molecule has 6 rings (SSSR count). The van der Waals surface area contributed by atoms with Crippen LogP contribution in [0.4, 0.5) is 39.8 Å². The van der Waals surface area contributed by atoms with E-state index in [9.17, 15) is 0 Å². The molecule has 0 radical (unpaired) electrons. The Morgan fingerprint density at radius 2 is 1.60 bits per heavy atom. The van der Waals surface area contributed by atoms with Crippen LogP contribution in [0.2, 0.25) is 6.82 Å². The third-order valence-corrected chi connectivity index (χ3v) is 6.82. The van der Waals surface area contributed by atoms with Gasteiger partial charge in [-0.2, -0.15) is 0 Å². The second kappa shape index (κ2) is 5.88. The topological polar surface area (TPSA) is 31.0 Å². The highest BCUT2D eigenvalue weighted by Gasteiger charge is 2.47. The molecular formula is C24H25BN4O. The predicted molar refractivity (Wildman–Crippen MR) is 126 cm³/mol. The first-order valence-corrected chi connectivity index (χ1v) is 10.6. The van der Waals surface area contributed by atoms with Crippen LogP contribution in [-0.4, -0.2) is 20.3 Å². The highest BCUT2D eigenvalue weighted by Crippen LogP contribution is 2.62. The second-order valence-corrected chi connectivity index (χ2v) is 8.44. The average Bonchev–Trinajstić information content (AvgIpc) is 3.23. The van der Waals surface area contributed by atoms with Crippen molar-refractivity contribution in [3.8, 4) is 5.75 Å². The van der Waals surface area contributed by atoms with Crippen molar-refractivity contribution < 1.29 is 4.74 Å². The van der Waals surface area contributed by atoms with Gasteiger partial charge in [0.2, 0.25) is 0 Å². The Morgan fingerprint density at radius 1 is 0.867 bits per heavy atom. The lowest BCUT2D eigenvalue weighted by molar-refractivity contribution is 0.411. The molecule has 0 aliphatic carbocycles. The highest BCUT2D eigenvalue weighted by molar-refractivity contribution is 6.70. The molecule has 3 aliphatic heterocycles. The number of nitrogens with zero attached hydrogens (tertiary/aromatic N) is 3. The molecular weight excluding hydrogens is 371 g/mol. The zero-order valence-electron chi connectivity index (χ0n) is 18.0. The van der Waals surface area contributed by atoms with Gasteiger partial charge in [0.1, 0.15) is 11.9 Å². The van der Waals surface area contributed by atoms with Gasteiger partial charge in [-0.05, 0) is 63.5 Å². The summed E-state index contributed by atoms with van der Waals surface area (Å²) in [7, 11) is 1.74. The van der Waals surface area contributed by atoms with E-state index in [0.717, 1.165) is 11.3 Å². The van der Waals surface area contributed by atoms with Gasteiger partial charge in [-0.25, -0.2) is 0 Å². The van der Waals surface area contributed by atoms with Crippen molar-refractivity contribution in [2.45, 2.75) is 33.8 Å². The van der Waals surface area contributed by atoms with Crippen molar-refractivity contribution >= 4 is 46.8 Å². The van der Waals surface area contributed by atoms with Crippen LogP contribution >= 0.6 is 0 Å². The zero-order chi connectivity index (χ0) is 20.7. The molecule has 0 bridgehead atoms. The number of nitrogens with one attached hydrogen (secondary N) is 1. The molecule has 0 saturated heterocycles. The lowest BCUT2D eigenvalue weighted by Gasteiger charge is -2.39. The molecule has 3 heterocycles. The van der Waals surface area contributed by atoms with Crippen molar-refractivity contribution in [1.29, 1.82) is 0 Å². The Labute approximate surface area is 178 Å². The molecule has 1 atom stereocenters. The van der Waals surface area contributed by atoms with Crippen LogP contribution in [0.5, 0.6) is 5.75 Å². The first-order valence-electron chi connectivity index (χ1n) is 10.6. The minimum Gasteiger partial charge on any atom is -0.496 e. The van der Waals surface area contributed by atoms with Crippen LogP contribution < -0.4 is 24.6 Å². The molecule has 5 nitrogen and oxygen atoms in total. The third kappa shape index (κ3) is 1.99. The first kappa shape index (κ1) is 17.6. The Bertz CT molecular complexity index is 1210. The lowest BCUT2D eigenvalue weighted by atomic mass is 9.78. The summed E-state index contributed by atoms with van der Waals surface area (Å²) >= 11 is 0. The minimum atomic E-state index is 0.148. The predicted octanol–water partition coefficient (Wildman–Crippen LogP) is 5.94. The van der Waals surface area contributed by atoms with Crippen LogP contribution in [0.15, 0.2) is 48.5 Å². The summed E-state index contributed by atoms with van der Waals surface area (Å²) in [6.07, 6.45) is 0.148. The molecule has 6 heteroatoms. The number of rotatable bonds is 2. The summed E-state index contributed by atoms with van der Waals surface area (Å²) in [4.78, 5) is 7.44. The third-order valence-electron chi connectivity index (χ3n) is 6.82. The fraction of sp³-hybridized carbons (Fsp3) is 0.250. The van der Waals surface area contributed by atoms with E-state index in [1.165, 1.54) is 45.4 Å². The van der Waals surface area contributed by atoms with Crippen molar-refractivity contribution in [3.05, 3.63) is 59.7 Å². The smallest absolute Gasteiger partial charge is 0.374 e. The van der Waals surface area contributed by atoms with Crippen molar-refractivity contribution in [2.75, 3.05) is 26.9 Å². The quantitative estimate of drug-likeness (QED) is 0.542. The summed E-state index contributed by atoms with van der Waals surface area (Å²) in [6.45, 7) is 9.11. The second-order valence-electron chi connectivity index (χ2n) is 8.44. The van der Waals surface area contributed by atoms with Crippen LogP contribution in [0.25, 0.3) is 0 Å². The van der Waals surface area contributed by atoms with Gasteiger partial charge in [-0.15, -0.1) is 0 Å². The van der Waals surface area contributed by atoms with Gasteiger partial charge in [0.15, 0.2) is 0 Å². The highest BCUT2D eigenvalue weighted by atomic mass is 16.5. The van der Waals surface area contributed by atoms with Crippen LogP contribution in [0, 0.1) is 13.8 Å². The molecule has 150 valence electrons. The average molecular weight is 396 g/mol. The molecule has 3 aromatic carbocycles. The number of fused-ring (bicyclic) bond motifs is 2. The van der Waals surface area contributed by atoms with Crippen LogP contribution in [-0.2, 0) is 0 Å². The molecule has 3 aliphatic rings. The Balaban J connectivity index is 1.64. The molecule has 0 spiro atoms. The van der Waals surface area contributed by atoms with Gasteiger partial charge in [0, 0.05) is 16.9 Å². The maximum atomic E-state index is 5.63. The van der Waals surface area contributed by atoms with E-state index in [1.54, 1.807) is 7.11 Å². The Morgan fingerprint density at radius 3 is 2.40 bits per heavy atom. The van der Waals surface area contributed by atoms with Gasteiger partial charge in [-0.3, -0.25) is 0 Å². The fourth-order valence-electron chi connectivity index (χ4n) is 5.53. The molecule has 0 saturated carbocycles. The van der Waals surface area contributed by atoms with Crippen LogP contribution in [0.1, 0.15) is 18.1 Å². The maximum Gasteiger partial charge on any atom is 0.374 e. The van der Waals surface area contributed by atoms with Gasteiger partial charge < -0.3 is 24.6 Å². The fourth-order valence-corrected chi connectivity index (χ4v) is 5.53. The number of hydrogen-bond donors (Lipinski definition) is 1. The number of para-hydroxylation sites is 1. The summed E-state index contributed by atoms with van der Waals surface area (Å²) in [5, 5.41) is 3.66. The van der Waals surface area contributed by atoms with Gasteiger partial charge in [-0.1, -0.05) is 18.2 Å². The van der Waals surface area contributed by atoms with Gasteiger partial charge in [0.05, 0.1) is 35.5 Å². The van der Waals surface area contributed by atoms with Crippen molar-refractivity contribution in [3.63, 3.8) is 0 Å². The van der Waals surface area contributed by atoms with E-state index in [2.05, 4.69) is 89.9 Å². The SMILES string of the molecule is COc1cccc(N2c3cccc4c3N(c3c(C)ccc5c3N4B(C)N5)[C@@H]2C)c1C. The molecule has 0 fully saturated rings. The van der Waals surface area contributed by atoms with Crippen molar-refractivity contribution in [2.24, 2.45) is 0 Å². The number of hydrogen-bond acceptors (Lipinski definition) is 5. The largest absolute Gasteiger partial charge is 0.496 e. The van der Waals surface area contributed by atoms with Gasteiger partial charge >= 0.3 is 6.98 Å². The summed E-state index contributed by atoms with van der Waals surface area (Å²) in [5.41, 5.74) is 11.3. The minimum absolute atomic E-state index is 0.148. The summed E-state index contributed by atoms with van der Waals surface area (Å²) < 4.78 is 5.63. The van der Waals surface area contributed by atoms with E-state index in [0.29, 0.717) is 0 Å². The van der Waals surface area contributed by atoms with Crippen molar-refractivity contribution in [1.82, 2.24) is 0 Å². The maximum absolute atomic E-state index is 5.63. The van der Waals surface area contributed by atoms with E-state index < -0.39 is 0 Å². The summed E-state index contributed by atoms with van der Waals surface area (Å²) in [5.74, 6) is 0.921. The van der Waals surface area contributed by atoms with E-state index in [1.807, 2.05) is 6.07 Å². The normalized spacial score (nSPS) is 17.8. The Kier molecular flexibility index (Phi) is 3.44. The molecule has 0 unspecified atom stereocenters. The molecule has 0 amide bonds. The van der Waals surface area contributed by atoms with E-state index >= 15 is 0 Å². The number of ether oxygens (including phenoxy) is 1. The van der Waals surface area contributed by atoms with E-state index in [-0.39, 0.29) is 13.1 Å². The molecule has 3 aromatic rings. The number of methoxy groups -OCH3 is 1. The zero-order valence-corrected chi connectivity index (χ0v) is 18.0. The molecule has 30 heavy (non-hydrogen) atoms. The van der Waals surface area contributed by atoms with Crippen LogP contribution in [0.3, 0.4) is 0 Å². The molecule has 1 N–H and O–H groups in total. The lowest BCUT2D eigenvalue weighted by Crippen LogP contribution is -2.40. The van der Waals surface area contributed by atoms with E-state index in [4.69, 9.17) is 4.74 Å². The standard InChI is InChI=1S/C24H25BN4O/c1-14-12-13-17-23-22(14)28-16(3)27(18-8-7-11-21(30-5)15(18)2)19-9-6-10-20(24(19)28)29(23)25(4)26-17/h6-13,16,26H,1-5H3/t16-/m1/s1. The Hall–Kier alpha value is -3.28. The molecule has 0 aromatic heterocycles. The number of aryl methyl sites for hydroxylation is 1. The number of anilines is 7. The number of benzene rings is 3.